The van der Waals surface area contributed by atoms with Gasteiger partial charge in [0.1, 0.15) is 5.82 Å². The normalized spacial score (nSPS) is 19.6. The Morgan fingerprint density at radius 1 is 0.727 bits per heavy atom. The summed E-state index contributed by atoms with van der Waals surface area (Å²) < 4.78 is 1.56. The number of hydrogen-bond acceptors (Lipinski definition) is 3. The van der Waals surface area contributed by atoms with E-state index in [1.807, 2.05) is 78.9 Å². The van der Waals surface area contributed by atoms with Crippen molar-refractivity contribution in [2.45, 2.75) is 24.7 Å². The molecule has 5 nitrogen and oxygen atoms in total. The second-order valence-electron chi connectivity index (χ2n) is 8.68. The highest BCUT2D eigenvalue weighted by Crippen LogP contribution is 2.46. The monoisotopic (exact) mass is 433 g/mol. The van der Waals surface area contributed by atoms with E-state index in [4.69, 9.17) is 0 Å². The summed E-state index contributed by atoms with van der Waals surface area (Å²) >= 11 is 0. The standard InChI is InChI=1S/C28H23N3O2/c32-23-17-20(18-10-4-1-5-11-18)16-22-25(23)24(19-12-6-2-7-13-19)26-27(29-22)30-31(28(26)33)21-14-8-3-9-15-21/h1-15,20,24,29-30H,16-17H2/t20-,24-/m0/s1. The van der Waals surface area contributed by atoms with Crippen LogP contribution in [0.25, 0.3) is 5.69 Å². The minimum atomic E-state index is -0.393. The molecule has 162 valence electrons. The van der Waals surface area contributed by atoms with Gasteiger partial charge in [0.05, 0.1) is 11.3 Å². The van der Waals surface area contributed by atoms with E-state index in [2.05, 4.69) is 22.5 Å². The Hall–Kier alpha value is -4.12. The average molecular weight is 434 g/mol. The summed E-state index contributed by atoms with van der Waals surface area (Å²) in [7, 11) is 0. The fourth-order valence-corrected chi connectivity index (χ4v) is 5.19. The van der Waals surface area contributed by atoms with Crippen molar-refractivity contribution < 1.29 is 4.79 Å². The first kappa shape index (κ1) is 19.6. The van der Waals surface area contributed by atoms with Crippen LogP contribution < -0.4 is 10.9 Å². The highest BCUT2D eigenvalue weighted by atomic mass is 16.1. The van der Waals surface area contributed by atoms with Crippen LogP contribution in [0.5, 0.6) is 0 Å². The van der Waals surface area contributed by atoms with Gasteiger partial charge in [-0.1, -0.05) is 78.9 Å². The summed E-state index contributed by atoms with van der Waals surface area (Å²) in [6.07, 6.45) is 1.17. The second kappa shape index (κ2) is 7.78. The maximum absolute atomic E-state index is 13.6. The molecule has 0 fully saturated rings. The van der Waals surface area contributed by atoms with Crippen LogP contribution in [0, 0.1) is 0 Å². The van der Waals surface area contributed by atoms with Crippen LogP contribution >= 0.6 is 0 Å². The molecule has 1 aromatic heterocycles. The van der Waals surface area contributed by atoms with Crippen LogP contribution in [-0.4, -0.2) is 15.6 Å². The smallest absolute Gasteiger partial charge is 0.277 e. The van der Waals surface area contributed by atoms with Crippen LogP contribution in [0.4, 0.5) is 5.82 Å². The largest absolute Gasteiger partial charge is 0.343 e. The minimum Gasteiger partial charge on any atom is -0.343 e. The summed E-state index contributed by atoms with van der Waals surface area (Å²) in [6.45, 7) is 0. The van der Waals surface area contributed by atoms with Crippen molar-refractivity contribution >= 4 is 11.6 Å². The Bertz CT molecular complexity index is 1420. The first-order chi connectivity index (χ1) is 16.2. The molecule has 3 aromatic carbocycles. The van der Waals surface area contributed by atoms with Gasteiger partial charge in [-0.15, -0.1) is 0 Å². The van der Waals surface area contributed by atoms with E-state index in [-0.39, 0.29) is 17.3 Å². The SMILES string of the molecule is O=C1C[C@@H](c2ccccc2)CC2=C1[C@H](c1ccccc1)c1c([nH]n(-c3ccccc3)c1=O)N2. The van der Waals surface area contributed by atoms with Crippen molar-refractivity contribution in [3.8, 4) is 5.69 Å². The van der Waals surface area contributed by atoms with E-state index in [0.29, 0.717) is 17.8 Å². The zero-order chi connectivity index (χ0) is 22.4. The number of carbonyl (C=O) groups is 1. The fraction of sp³-hybridized carbons (Fsp3) is 0.143. The quantitative estimate of drug-likeness (QED) is 0.471. The first-order valence-electron chi connectivity index (χ1n) is 11.2. The van der Waals surface area contributed by atoms with Crippen LogP contribution in [0.3, 0.4) is 0 Å². The molecule has 33 heavy (non-hydrogen) atoms. The maximum atomic E-state index is 13.6. The van der Waals surface area contributed by atoms with Gasteiger partial charge in [0.2, 0.25) is 0 Å². The topological polar surface area (TPSA) is 66.9 Å². The molecule has 2 atom stereocenters. The average Bonchev–Trinajstić information content (AvgIpc) is 3.20. The summed E-state index contributed by atoms with van der Waals surface area (Å²) in [5.41, 5.74) is 4.96. The van der Waals surface area contributed by atoms with E-state index >= 15 is 0 Å². The number of para-hydroxylation sites is 1. The van der Waals surface area contributed by atoms with Gasteiger partial charge < -0.3 is 5.32 Å². The number of H-pyrrole nitrogens is 1. The third-order valence-corrected chi connectivity index (χ3v) is 6.71. The molecule has 1 aliphatic carbocycles. The second-order valence-corrected chi connectivity index (χ2v) is 8.68. The number of benzene rings is 3. The Kier molecular flexibility index (Phi) is 4.61. The predicted octanol–water partition coefficient (Wildman–Crippen LogP) is 5.12. The van der Waals surface area contributed by atoms with Crippen LogP contribution in [0.1, 0.15) is 41.4 Å². The first-order valence-corrected chi connectivity index (χ1v) is 11.2. The molecular weight excluding hydrogens is 410 g/mol. The molecule has 0 saturated carbocycles. The Morgan fingerprint density at radius 3 is 2.00 bits per heavy atom. The van der Waals surface area contributed by atoms with Gasteiger partial charge in [-0.05, 0) is 35.6 Å². The lowest BCUT2D eigenvalue weighted by atomic mass is 9.73. The van der Waals surface area contributed by atoms with Crippen molar-refractivity contribution in [1.82, 2.24) is 9.78 Å². The molecule has 0 spiro atoms. The summed E-state index contributed by atoms with van der Waals surface area (Å²) in [5, 5.41) is 6.71. The van der Waals surface area contributed by atoms with Crippen molar-refractivity contribution in [1.29, 1.82) is 0 Å². The van der Waals surface area contributed by atoms with Crippen molar-refractivity contribution in [3.63, 3.8) is 0 Å². The Balaban J connectivity index is 1.51. The Labute approximate surface area is 191 Å². The number of carbonyl (C=O) groups excluding carboxylic acids is 1. The van der Waals surface area contributed by atoms with Gasteiger partial charge in [0, 0.05) is 23.6 Å². The fourth-order valence-electron chi connectivity index (χ4n) is 5.19. The van der Waals surface area contributed by atoms with Gasteiger partial charge in [-0.2, -0.15) is 0 Å². The number of nitrogens with zero attached hydrogens (tertiary/aromatic N) is 1. The van der Waals surface area contributed by atoms with Crippen LogP contribution in [0.15, 0.2) is 107 Å². The molecule has 0 radical (unpaired) electrons. The third kappa shape index (κ3) is 3.24. The van der Waals surface area contributed by atoms with E-state index in [1.165, 1.54) is 0 Å². The number of ketones is 1. The molecule has 1 aliphatic heterocycles. The Morgan fingerprint density at radius 2 is 1.33 bits per heavy atom. The van der Waals surface area contributed by atoms with Gasteiger partial charge in [-0.25, -0.2) is 4.68 Å². The highest BCUT2D eigenvalue weighted by molar-refractivity contribution is 6.01. The van der Waals surface area contributed by atoms with Crippen molar-refractivity contribution in [2.24, 2.45) is 0 Å². The number of allylic oxidation sites excluding steroid dienone is 2. The number of nitrogens with one attached hydrogen (secondary N) is 2. The molecule has 2 aliphatic rings. The van der Waals surface area contributed by atoms with Gasteiger partial charge in [0.25, 0.3) is 5.56 Å². The molecule has 2 N–H and O–H groups in total. The molecule has 0 unspecified atom stereocenters. The molecule has 5 heteroatoms. The zero-order valence-corrected chi connectivity index (χ0v) is 18.0. The highest BCUT2D eigenvalue weighted by Gasteiger charge is 2.41. The van der Waals surface area contributed by atoms with Gasteiger partial charge in [0.15, 0.2) is 5.78 Å². The van der Waals surface area contributed by atoms with Gasteiger partial charge in [-0.3, -0.25) is 14.7 Å². The molecule has 2 heterocycles. The number of aromatic amines is 1. The zero-order valence-electron chi connectivity index (χ0n) is 18.0. The van der Waals surface area contributed by atoms with E-state index in [1.54, 1.807) is 4.68 Å². The van der Waals surface area contributed by atoms with Crippen LogP contribution in [0.2, 0.25) is 0 Å². The molecule has 4 aromatic rings. The molecule has 6 rings (SSSR count). The van der Waals surface area contributed by atoms with Gasteiger partial charge >= 0.3 is 0 Å². The third-order valence-electron chi connectivity index (χ3n) is 6.71. The van der Waals surface area contributed by atoms with E-state index in [9.17, 15) is 9.59 Å². The van der Waals surface area contributed by atoms with Crippen molar-refractivity contribution in [3.05, 3.63) is 129 Å². The van der Waals surface area contributed by atoms with E-state index in [0.717, 1.165) is 34.5 Å². The van der Waals surface area contributed by atoms with E-state index < -0.39 is 5.92 Å². The number of Topliss-reactive ketones (excluding diaryl/α,β-unsaturated/α-hetero) is 1. The number of hydrogen-bond donors (Lipinski definition) is 2. The summed E-state index contributed by atoms with van der Waals surface area (Å²) in [5.74, 6) is 0.489. The number of fused-ring (bicyclic) bond motifs is 1. The molecule has 0 saturated heterocycles. The van der Waals surface area contributed by atoms with Crippen molar-refractivity contribution in [2.75, 3.05) is 5.32 Å². The minimum absolute atomic E-state index is 0.101. The molecule has 0 amide bonds. The lowest BCUT2D eigenvalue weighted by Crippen LogP contribution is -2.32. The number of aromatic nitrogens is 2. The summed E-state index contributed by atoms with van der Waals surface area (Å²) in [4.78, 5) is 27.2. The maximum Gasteiger partial charge on any atom is 0.277 e. The lowest BCUT2D eigenvalue weighted by Gasteiger charge is -2.34. The lowest BCUT2D eigenvalue weighted by molar-refractivity contribution is -0.116. The number of rotatable bonds is 3. The predicted molar refractivity (Wildman–Crippen MR) is 129 cm³/mol. The van der Waals surface area contributed by atoms with Crippen LogP contribution in [-0.2, 0) is 4.79 Å². The summed E-state index contributed by atoms with van der Waals surface area (Å²) in [6, 6.07) is 29.6. The molecular formula is C28H23N3O2. The number of anilines is 1. The molecule has 0 bridgehead atoms.